The SMILES string of the molecule is COc1ccc(Cl)cc1C(=O)NCCCS(N)(=O)=O. The van der Waals surface area contributed by atoms with Crippen LogP contribution in [0.4, 0.5) is 0 Å². The number of nitrogens with two attached hydrogens (primary N) is 1. The summed E-state index contributed by atoms with van der Waals surface area (Å²) in [7, 11) is -2.06. The lowest BCUT2D eigenvalue weighted by molar-refractivity contribution is 0.0950. The van der Waals surface area contributed by atoms with Gasteiger partial charge in [0.25, 0.3) is 5.91 Å². The van der Waals surface area contributed by atoms with Crippen molar-refractivity contribution in [2.24, 2.45) is 5.14 Å². The Morgan fingerprint density at radius 1 is 1.47 bits per heavy atom. The van der Waals surface area contributed by atoms with Crippen LogP contribution in [0.5, 0.6) is 5.75 Å². The van der Waals surface area contributed by atoms with E-state index in [1.54, 1.807) is 12.1 Å². The molecule has 0 aliphatic carbocycles. The van der Waals surface area contributed by atoms with E-state index in [9.17, 15) is 13.2 Å². The number of rotatable bonds is 6. The molecule has 0 saturated heterocycles. The van der Waals surface area contributed by atoms with E-state index >= 15 is 0 Å². The number of methoxy groups -OCH3 is 1. The van der Waals surface area contributed by atoms with Crippen LogP contribution in [0, 0.1) is 0 Å². The largest absolute Gasteiger partial charge is 0.496 e. The molecule has 19 heavy (non-hydrogen) atoms. The minimum absolute atomic E-state index is 0.181. The first-order valence-corrected chi connectivity index (χ1v) is 7.55. The van der Waals surface area contributed by atoms with Gasteiger partial charge in [0.1, 0.15) is 5.75 Å². The summed E-state index contributed by atoms with van der Waals surface area (Å²) in [4.78, 5) is 11.9. The molecule has 1 amide bonds. The number of halogens is 1. The molecule has 1 rings (SSSR count). The van der Waals surface area contributed by atoms with Gasteiger partial charge in [-0.1, -0.05) is 11.6 Å². The first kappa shape index (κ1) is 15.7. The third-order valence-corrected chi connectivity index (χ3v) is 3.39. The lowest BCUT2D eigenvalue weighted by Crippen LogP contribution is -2.27. The first-order valence-electron chi connectivity index (χ1n) is 5.45. The van der Waals surface area contributed by atoms with Crippen molar-refractivity contribution in [1.82, 2.24) is 5.32 Å². The number of carbonyl (C=O) groups excluding carboxylic acids is 1. The van der Waals surface area contributed by atoms with Gasteiger partial charge in [-0.15, -0.1) is 0 Å². The Balaban J connectivity index is 2.61. The maximum absolute atomic E-state index is 11.9. The molecule has 0 atom stereocenters. The molecule has 0 fully saturated rings. The van der Waals surface area contributed by atoms with E-state index in [4.69, 9.17) is 21.5 Å². The van der Waals surface area contributed by atoms with Gasteiger partial charge in [-0.2, -0.15) is 0 Å². The topological polar surface area (TPSA) is 98.5 Å². The van der Waals surface area contributed by atoms with Crippen molar-refractivity contribution in [2.75, 3.05) is 19.4 Å². The van der Waals surface area contributed by atoms with E-state index in [2.05, 4.69) is 5.32 Å². The third kappa shape index (κ3) is 5.46. The highest BCUT2D eigenvalue weighted by atomic mass is 35.5. The third-order valence-electron chi connectivity index (χ3n) is 2.30. The van der Waals surface area contributed by atoms with E-state index in [0.717, 1.165) is 0 Å². The van der Waals surface area contributed by atoms with Gasteiger partial charge in [0, 0.05) is 11.6 Å². The summed E-state index contributed by atoms with van der Waals surface area (Å²) in [5.74, 6) is -0.165. The van der Waals surface area contributed by atoms with Crippen molar-refractivity contribution in [3.63, 3.8) is 0 Å². The second kappa shape index (κ2) is 6.74. The number of hydrogen-bond acceptors (Lipinski definition) is 4. The summed E-state index contributed by atoms with van der Waals surface area (Å²) >= 11 is 5.81. The Morgan fingerprint density at radius 3 is 2.74 bits per heavy atom. The fourth-order valence-corrected chi connectivity index (χ4v) is 2.15. The first-order chi connectivity index (χ1) is 8.83. The van der Waals surface area contributed by atoms with E-state index in [-0.39, 0.29) is 24.6 Å². The normalized spacial score (nSPS) is 11.1. The maximum atomic E-state index is 11.9. The van der Waals surface area contributed by atoms with E-state index in [0.29, 0.717) is 16.3 Å². The number of primary sulfonamides is 1. The molecule has 3 N–H and O–H groups in total. The van der Waals surface area contributed by atoms with Crippen molar-refractivity contribution in [2.45, 2.75) is 6.42 Å². The number of benzene rings is 1. The maximum Gasteiger partial charge on any atom is 0.255 e. The zero-order chi connectivity index (χ0) is 14.5. The molecule has 0 bridgehead atoms. The molecule has 0 saturated carbocycles. The summed E-state index contributed by atoms with van der Waals surface area (Å²) in [6.45, 7) is 0.199. The van der Waals surface area contributed by atoms with Crippen molar-refractivity contribution >= 4 is 27.5 Å². The lowest BCUT2D eigenvalue weighted by Gasteiger charge is -2.09. The Labute approximate surface area is 116 Å². The molecule has 0 unspecified atom stereocenters. The minimum Gasteiger partial charge on any atom is -0.496 e. The standard InChI is InChI=1S/C11H15ClN2O4S/c1-18-10-4-3-8(12)7-9(10)11(15)14-5-2-6-19(13,16)17/h3-4,7H,2,5-6H2,1H3,(H,14,15)(H2,13,16,17). The van der Waals surface area contributed by atoms with Gasteiger partial charge in [0.2, 0.25) is 10.0 Å². The zero-order valence-corrected chi connectivity index (χ0v) is 11.9. The van der Waals surface area contributed by atoms with Crippen LogP contribution in [0.15, 0.2) is 18.2 Å². The Bertz CT molecular complexity index is 560. The van der Waals surface area contributed by atoms with Crippen molar-refractivity contribution in [3.05, 3.63) is 28.8 Å². The Morgan fingerprint density at radius 2 is 2.16 bits per heavy atom. The lowest BCUT2D eigenvalue weighted by atomic mass is 10.2. The Hall–Kier alpha value is -1.31. The van der Waals surface area contributed by atoms with Crippen LogP contribution in [0.25, 0.3) is 0 Å². The molecule has 0 aliphatic rings. The number of hydrogen-bond donors (Lipinski definition) is 2. The van der Waals surface area contributed by atoms with Crippen LogP contribution in [-0.2, 0) is 10.0 Å². The van der Waals surface area contributed by atoms with E-state index in [1.165, 1.54) is 13.2 Å². The summed E-state index contributed by atoms with van der Waals surface area (Å²) in [5.41, 5.74) is 0.297. The molecule has 106 valence electrons. The number of carbonyl (C=O) groups is 1. The van der Waals surface area contributed by atoms with Crippen LogP contribution in [-0.4, -0.2) is 33.7 Å². The molecule has 1 aromatic carbocycles. The van der Waals surface area contributed by atoms with Crippen LogP contribution < -0.4 is 15.2 Å². The predicted molar refractivity (Wildman–Crippen MR) is 72.9 cm³/mol. The summed E-state index contributed by atoms with van der Waals surface area (Å²) < 4.78 is 26.5. The van der Waals surface area contributed by atoms with Gasteiger partial charge in [-0.05, 0) is 24.6 Å². The molecule has 0 heterocycles. The highest BCUT2D eigenvalue weighted by Gasteiger charge is 2.12. The van der Waals surface area contributed by atoms with Crippen molar-refractivity contribution in [1.29, 1.82) is 0 Å². The van der Waals surface area contributed by atoms with Gasteiger partial charge >= 0.3 is 0 Å². The molecule has 0 aromatic heterocycles. The van der Waals surface area contributed by atoms with E-state index in [1.807, 2.05) is 0 Å². The summed E-state index contributed by atoms with van der Waals surface area (Å²) in [5, 5.41) is 7.84. The molecular weight excluding hydrogens is 292 g/mol. The smallest absolute Gasteiger partial charge is 0.255 e. The van der Waals surface area contributed by atoms with Crippen LogP contribution in [0.3, 0.4) is 0 Å². The molecule has 8 heteroatoms. The summed E-state index contributed by atoms with van der Waals surface area (Å²) in [6, 6.07) is 4.68. The quantitative estimate of drug-likeness (QED) is 0.758. The van der Waals surface area contributed by atoms with Gasteiger partial charge < -0.3 is 10.1 Å². The minimum atomic E-state index is -3.50. The van der Waals surface area contributed by atoms with Crippen molar-refractivity contribution in [3.8, 4) is 5.75 Å². The summed E-state index contributed by atoms with van der Waals surface area (Å²) in [6.07, 6.45) is 0.244. The number of nitrogens with one attached hydrogen (secondary N) is 1. The molecular formula is C11H15ClN2O4S. The second-order valence-electron chi connectivity index (χ2n) is 3.82. The van der Waals surface area contributed by atoms with Gasteiger partial charge in [-0.25, -0.2) is 13.6 Å². The van der Waals surface area contributed by atoms with Gasteiger partial charge in [0.05, 0.1) is 18.4 Å². The van der Waals surface area contributed by atoms with Crippen LogP contribution in [0.1, 0.15) is 16.8 Å². The average molecular weight is 307 g/mol. The molecule has 0 aliphatic heterocycles. The average Bonchev–Trinajstić information content (AvgIpc) is 2.33. The monoisotopic (exact) mass is 306 g/mol. The molecule has 0 radical (unpaired) electrons. The van der Waals surface area contributed by atoms with Gasteiger partial charge in [-0.3, -0.25) is 4.79 Å². The van der Waals surface area contributed by atoms with Crippen LogP contribution in [0.2, 0.25) is 5.02 Å². The highest BCUT2D eigenvalue weighted by Crippen LogP contribution is 2.22. The van der Waals surface area contributed by atoms with Gasteiger partial charge in [0.15, 0.2) is 0 Å². The number of sulfonamides is 1. The molecule has 1 aromatic rings. The molecule has 6 nitrogen and oxygen atoms in total. The number of amides is 1. The van der Waals surface area contributed by atoms with Crippen LogP contribution >= 0.6 is 11.6 Å². The fraction of sp³-hybridized carbons (Fsp3) is 0.364. The molecule has 0 spiro atoms. The predicted octanol–water partition coefficient (Wildman–Crippen LogP) is 0.757. The van der Waals surface area contributed by atoms with E-state index < -0.39 is 10.0 Å². The highest BCUT2D eigenvalue weighted by molar-refractivity contribution is 7.89. The number of ether oxygens (including phenoxy) is 1. The fourth-order valence-electron chi connectivity index (χ4n) is 1.43. The van der Waals surface area contributed by atoms with Crippen molar-refractivity contribution < 1.29 is 17.9 Å². The second-order valence-corrected chi connectivity index (χ2v) is 5.99. The zero-order valence-electron chi connectivity index (χ0n) is 10.3. The Kier molecular flexibility index (Phi) is 5.59.